The molecule has 2 aromatic carbocycles. The first-order valence-corrected chi connectivity index (χ1v) is 11.1. The Balaban J connectivity index is 1.42. The zero-order valence-electron chi connectivity index (χ0n) is 18.3. The summed E-state index contributed by atoms with van der Waals surface area (Å²) in [6, 6.07) is 8.82. The fourth-order valence-corrected chi connectivity index (χ4v) is 5.07. The van der Waals surface area contributed by atoms with Crippen molar-refractivity contribution in [3.05, 3.63) is 71.2 Å². The van der Waals surface area contributed by atoms with Crippen molar-refractivity contribution in [1.29, 1.82) is 0 Å². The second kappa shape index (κ2) is 8.77. The molecule has 2 aliphatic rings. The van der Waals surface area contributed by atoms with Gasteiger partial charge >= 0.3 is 6.18 Å². The van der Waals surface area contributed by atoms with Crippen LogP contribution in [0, 0.1) is 5.82 Å². The third-order valence-corrected chi connectivity index (χ3v) is 6.72. The molecule has 0 aromatic heterocycles. The van der Waals surface area contributed by atoms with Crippen molar-refractivity contribution in [1.82, 2.24) is 4.90 Å². The number of nitrogens with zero attached hydrogens (tertiary/aromatic N) is 2. The van der Waals surface area contributed by atoms with Gasteiger partial charge in [-0.15, -0.1) is 0 Å². The SMILES string of the molecule is C=C(CN1CCC(c2cccc(C(F)(F)F)c2)CC1)N1c2c(N)cc(F)cc2CCC1C. The van der Waals surface area contributed by atoms with Crippen LogP contribution in [0.1, 0.15) is 48.8 Å². The second-order valence-corrected chi connectivity index (χ2v) is 9.00. The van der Waals surface area contributed by atoms with Crippen LogP contribution in [0.4, 0.5) is 28.9 Å². The average molecular weight is 448 g/mol. The summed E-state index contributed by atoms with van der Waals surface area (Å²) in [5, 5.41) is 0. The van der Waals surface area contributed by atoms with Crippen molar-refractivity contribution in [3.63, 3.8) is 0 Å². The van der Waals surface area contributed by atoms with Gasteiger partial charge in [0.2, 0.25) is 0 Å². The Morgan fingerprint density at radius 2 is 1.84 bits per heavy atom. The van der Waals surface area contributed by atoms with Gasteiger partial charge < -0.3 is 10.6 Å². The van der Waals surface area contributed by atoms with Gasteiger partial charge in [0.05, 0.1) is 16.9 Å². The van der Waals surface area contributed by atoms with E-state index in [0.717, 1.165) is 67.4 Å². The Labute approximate surface area is 186 Å². The third kappa shape index (κ3) is 4.63. The Hall–Kier alpha value is -2.54. The predicted molar refractivity (Wildman–Crippen MR) is 120 cm³/mol. The molecule has 0 amide bonds. The van der Waals surface area contributed by atoms with Gasteiger partial charge in [-0.05, 0) is 80.9 Å². The number of nitrogens with two attached hydrogens (primary N) is 1. The van der Waals surface area contributed by atoms with Crippen molar-refractivity contribution < 1.29 is 17.6 Å². The molecule has 4 rings (SSSR count). The quantitative estimate of drug-likeness (QED) is 0.464. The van der Waals surface area contributed by atoms with Crippen LogP contribution in [0.2, 0.25) is 0 Å². The van der Waals surface area contributed by atoms with Gasteiger partial charge in [0.15, 0.2) is 0 Å². The average Bonchev–Trinajstić information content (AvgIpc) is 2.74. The van der Waals surface area contributed by atoms with Gasteiger partial charge in [0.1, 0.15) is 5.82 Å². The summed E-state index contributed by atoms with van der Waals surface area (Å²) in [5.74, 6) is -0.201. The van der Waals surface area contributed by atoms with Crippen LogP contribution >= 0.6 is 0 Å². The van der Waals surface area contributed by atoms with Crippen LogP contribution in [0.15, 0.2) is 48.7 Å². The molecule has 0 bridgehead atoms. The van der Waals surface area contributed by atoms with E-state index in [1.54, 1.807) is 12.1 Å². The number of piperidine rings is 1. The molecule has 0 spiro atoms. The molecule has 2 heterocycles. The number of fused-ring (bicyclic) bond motifs is 1. The largest absolute Gasteiger partial charge is 0.416 e. The molecule has 0 saturated carbocycles. The highest BCUT2D eigenvalue weighted by Gasteiger charge is 2.32. The Kier molecular flexibility index (Phi) is 6.21. The summed E-state index contributed by atoms with van der Waals surface area (Å²) >= 11 is 0. The molecule has 32 heavy (non-hydrogen) atoms. The first kappa shape index (κ1) is 22.6. The predicted octanol–water partition coefficient (Wildman–Crippen LogP) is 5.96. The van der Waals surface area contributed by atoms with Crippen LogP contribution in [0.5, 0.6) is 0 Å². The number of aryl methyl sites for hydroxylation is 1. The van der Waals surface area contributed by atoms with Crippen LogP contribution in [0.3, 0.4) is 0 Å². The first-order valence-electron chi connectivity index (χ1n) is 11.1. The van der Waals surface area contributed by atoms with Gasteiger partial charge in [0, 0.05) is 18.3 Å². The molecular weight excluding hydrogens is 418 g/mol. The van der Waals surface area contributed by atoms with Crippen LogP contribution in [-0.2, 0) is 12.6 Å². The standard InChI is InChI=1S/C25H29F4N3/c1-16-6-7-20-13-22(26)14-23(30)24(20)32(16)17(2)15-31-10-8-18(9-11-31)19-4-3-5-21(12-19)25(27,28)29/h3-5,12-14,16,18H,2,6-11,15,30H2,1H3. The third-order valence-electron chi connectivity index (χ3n) is 6.72. The normalized spacial score (nSPS) is 20.3. The number of hydrogen-bond donors (Lipinski definition) is 1. The zero-order valence-corrected chi connectivity index (χ0v) is 18.3. The summed E-state index contributed by atoms with van der Waals surface area (Å²) in [4.78, 5) is 4.42. The number of nitrogen functional groups attached to an aromatic ring is 1. The molecule has 1 saturated heterocycles. The monoisotopic (exact) mass is 447 g/mol. The molecule has 0 aliphatic carbocycles. The van der Waals surface area contributed by atoms with Crippen molar-refractivity contribution >= 4 is 11.4 Å². The van der Waals surface area contributed by atoms with E-state index in [9.17, 15) is 17.6 Å². The molecule has 1 fully saturated rings. The maximum atomic E-state index is 13.8. The molecule has 2 aliphatic heterocycles. The van der Waals surface area contributed by atoms with E-state index >= 15 is 0 Å². The van der Waals surface area contributed by atoms with Crippen LogP contribution in [-0.4, -0.2) is 30.6 Å². The molecule has 2 aromatic rings. The number of halogens is 4. The molecule has 1 atom stereocenters. The molecule has 3 nitrogen and oxygen atoms in total. The highest BCUT2D eigenvalue weighted by Crippen LogP contribution is 2.39. The maximum Gasteiger partial charge on any atom is 0.416 e. The minimum atomic E-state index is -4.32. The highest BCUT2D eigenvalue weighted by atomic mass is 19.4. The van der Waals surface area contributed by atoms with E-state index in [4.69, 9.17) is 5.73 Å². The van der Waals surface area contributed by atoms with Crippen molar-refractivity contribution in [2.75, 3.05) is 30.3 Å². The molecule has 0 radical (unpaired) electrons. The topological polar surface area (TPSA) is 32.5 Å². The summed E-state index contributed by atoms with van der Waals surface area (Å²) in [6.07, 6.45) is -1.04. The number of rotatable bonds is 4. The molecule has 7 heteroatoms. The van der Waals surface area contributed by atoms with Crippen LogP contribution in [0.25, 0.3) is 0 Å². The Morgan fingerprint density at radius 1 is 1.12 bits per heavy atom. The first-order chi connectivity index (χ1) is 15.1. The lowest BCUT2D eigenvalue weighted by atomic mass is 9.88. The summed E-state index contributed by atoms with van der Waals surface area (Å²) < 4.78 is 53.0. The van der Waals surface area contributed by atoms with E-state index in [0.29, 0.717) is 12.2 Å². The fourth-order valence-electron chi connectivity index (χ4n) is 5.07. The number of likely N-dealkylation sites (tertiary alicyclic amines) is 1. The van der Waals surface area contributed by atoms with E-state index in [2.05, 4.69) is 23.3 Å². The Bertz CT molecular complexity index is 993. The molecule has 2 N–H and O–H groups in total. The van der Waals surface area contributed by atoms with Crippen LogP contribution < -0.4 is 10.6 Å². The van der Waals surface area contributed by atoms with E-state index < -0.39 is 11.7 Å². The number of alkyl halides is 3. The summed E-state index contributed by atoms with van der Waals surface area (Å²) in [7, 11) is 0. The van der Waals surface area contributed by atoms with Gasteiger partial charge in [-0.1, -0.05) is 24.8 Å². The van der Waals surface area contributed by atoms with Gasteiger partial charge in [-0.25, -0.2) is 4.39 Å². The van der Waals surface area contributed by atoms with Crippen molar-refractivity contribution in [2.24, 2.45) is 0 Å². The smallest absolute Gasteiger partial charge is 0.397 e. The summed E-state index contributed by atoms with van der Waals surface area (Å²) in [5.41, 5.74) is 9.45. The lowest BCUT2D eigenvalue weighted by Gasteiger charge is -2.41. The van der Waals surface area contributed by atoms with Crippen molar-refractivity contribution in [3.8, 4) is 0 Å². The van der Waals surface area contributed by atoms with E-state index in [1.807, 2.05) is 0 Å². The second-order valence-electron chi connectivity index (χ2n) is 9.00. The number of anilines is 2. The minimum absolute atomic E-state index is 0.120. The molecule has 1 unspecified atom stereocenters. The lowest BCUT2D eigenvalue weighted by molar-refractivity contribution is -0.137. The molecule has 172 valence electrons. The number of benzene rings is 2. The minimum Gasteiger partial charge on any atom is -0.397 e. The fraction of sp³-hybridized carbons (Fsp3) is 0.440. The number of hydrogen-bond acceptors (Lipinski definition) is 3. The highest BCUT2D eigenvalue weighted by molar-refractivity contribution is 5.75. The zero-order chi connectivity index (χ0) is 23.0. The summed E-state index contributed by atoms with van der Waals surface area (Å²) in [6.45, 7) is 8.65. The van der Waals surface area contributed by atoms with Gasteiger partial charge in [0.25, 0.3) is 0 Å². The van der Waals surface area contributed by atoms with Gasteiger partial charge in [-0.3, -0.25) is 4.90 Å². The Morgan fingerprint density at radius 3 is 2.53 bits per heavy atom. The van der Waals surface area contributed by atoms with E-state index in [-0.39, 0.29) is 17.8 Å². The molecular formula is C25H29F4N3. The lowest BCUT2D eigenvalue weighted by Crippen LogP contribution is -2.42. The van der Waals surface area contributed by atoms with Crippen molar-refractivity contribution in [2.45, 2.75) is 50.7 Å². The van der Waals surface area contributed by atoms with Gasteiger partial charge in [-0.2, -0.15) is 13.2 Å². The maximum absolute atomic E-state index is 13.8. The van der Waals surface area contributed by atoms with E-state index in [1.165, 1.54) is 18.2 Å².